The van der Waals surface area contributed by atoms with Crippen LogP contribution in [0.15, 0.2) is 48.7 Å². The van der Waals surface area contributed by atoms with Crippen molar-refractivity contribution in [1.29, 1.82) is 0 Å². The zero-order chi connectivity index (χ0) is 27.0. The van der Waals surface area contributed by atoms with E-state index in [1.165, 1.54) is 35.4 Å². The Bertz CT molecular complexity index is 1210. The lowest BCUT2D eigenvalue weighted by atomic mass is 10.1. The average molecular weight is 521 g/mol. The molecule has 2 amide bonds. The maximum atomic E-state index is 13.1. The number of alkyl halides is 3. The third-order valence-corrected chi connectivity index (χ3v) is 4.85. The molecule has 1 unspecified atom stereocenters. The van der Waals surface area contributed by atoms with Crippen LogP contribution in [-0.4, -0.2) is 63.7 Å². The molecule has 0 saturated heterocycles. The number of aliphatic hydroxyl groups excluding tert-OH is 2. The summed E-state index contributed by atoms with van der Waals surface area (Å²) in [6.07, 6.45) is -4.32. The standard InChI is InChI=1S/C22H20F3N5O5.C2H6/c23-22(24,25)14-4-1-3-13(9-14)16-10-26-20-19(27-16)30(7-8-34-20)21(33)29-17-5-2-6-18(28-17)35-12-15(32)11-31;1-2/h1-6,9-10,15,31-32H,7-8,11-12H2,(H,28,29,33);1-2H3. The van der Waals surface area contributed by atoms with Gasteiger partial charge in [-0.25, -0.2) is 14.8 Å². The molecule has 1 aliphatic rings. The van der Waals surface area contributed by atoms with Crippen molar-refractivity contribution in [2.75, 3.05) is 36.6 Å². The van der Waals surface area contributed by atoms with E-state index in [2.05, 4.69) is 20.3 Å². The number of pyridine rings is 1. The van der Waals surface area contributed by atoms with Gasteiger partial charge in [-0.2, -0.15) is 18.2 Å². The molecule has 0 bridgehead atoms. The number of hydrogen-bond acceptors (Lipinski definition) is 8. The topological polar surface area (TPSA) is 130 Å². The fourth-order valence-electron chi connectivity index (χ4n) is 3.15. The number of anilines is 2. The fraction of sp³-hybridized carbons (Fsp3) is 0.333. The van der Waals surface area contributed by atoms with Gasteiger partial charge in [0.1, 0.15) is 25.1 Å². The zero-order valence-electron chi connectivity index (χ0n) is 20.1. The van der Waals surface area contributed by atoms with E-state index in [1.807, 2.05) is 13.8 Å². The van der Waals surface area contributed by atoms with Crippen molar-refractivity contribution >= 4 is 17.7 Å². The first-order valence-corrected chi connectivity index (χ1v) is 11.4. The smallest absolute Gasteiger partial charge is 0.416 e. The Morgan fingerprint density at radius 1 is 1.22 bits per heavy atom. The van der Waals surface area contributed by atoms with Gasteiger partial charge in [-0.1, -0.05) is 32.0 Å². The Labute approximate surface area is 210 Å². The molecule has 3 heterocycles. The number of urea groups is 1. The van der Waals surface area contributed by atoms with Crippen molar-refractivity contribution in [1.82, 2.24) is 15.0 Å². The van der Waals surface area contributed by atoms with Crippen molar-refractivity contribution in [2.24, 2.45) is 0 Å². The van der Waals surface area contributed by atoms with E-state index in [4.69, 9.17) is 14.6 Å². The molecule has 0 saturated carbocycles. The molecule has 10 nitrogen and oxygen atoms in total. The highest BCUT2D eigenvalue weighted by Gasteiger charge is 2.31. The normalized spacial score (nSPS) is 13.4. The molecule has 1 aliphatic heterocycles. The van der Waals surface area contributed by atoms with E-state index < -0.39 is 30.5 Å². The van der Waals surface area contributed by atoms with Gasteiger partial charge >= 0.3 is 12.2 Å². The van der Waals surface area contributed by atoms with Gasteiger partial charge in [0, 0.05) is 11.6 Å². The first-order valence-electron chi connectivity index (χ1n) is 11.4. The van der Waals surface area contributed by atoms with Crippen LogP contribution in [0.3, 0.4) is 0 Å². The van der Waals surface area contributed by atoms with Crippen LogP contribution in [0.2, 0.25) is 0 Å². The molecule has 198 valence electrons. The molecule has 1 aromatic carbocycles. The second-order valence-electron chi connectivity index (χ2n) is 7.40. The zero-order valence-corrected chi connectivity index (χ0v) is 20.1. The Balaban J connectivity index is 0.00000186. The number of amides is 2. The van der Waals surface area contributed by atoms with Crippen LogP contribution in [-0.2, 0) is 6.18 Å². The van der Waals surface area contributed by atoms with Crippen LogP contribution in [0.1, 0.15) is 19.4 Å². The van der Waals surface area contributed by atoms with Gasteiger partial charge in [0.2, 0.25) is 11.7 Å². The number of nitrogens with one attached hydrogen (secondary N) is 1. The van der Waals surface area contributed by atoms with Gasteiger partial charge in [-0.15, -0.1) is 0 Å². The molecule has 0 spiro atoms. The summed E-state index contributed by atoms with van der Waals surface area (Å²) in [4.78, 5) is 26.8. The second kappa shape index (κ2) is 12.3. The number of ether oxygens (including phenoxy) is 2. The van der Waals surface area contributed by atoms with Crippen LogP contribution < -0.4 is 19.7 Å². The molecular weight excluding hydrogens is 495 g/mol. The number of halogens is 3. The number of benzene rings is 1. The summed E-state index contributed by atoms with van der Waals surface area (Å²) in [5, 5.41) is 20.9. The van der Waals surface area contributed by atoms with Crippen LogP contribution in [0.5, 0.6) is 11.8 Å². The highest BCUT2D eigenvalue weighted by Crippen LogP contribution is 2.34. The molecule has 4 rings (SSSR count). The SMILES string of the molecule is CC.O=C(Nc1cccc(OCC(O)CO)n1)N1CCOc2ncc(-c3cccc(C(F)(F)F)c3)nc21. The van der Waals surface area contributed by atoms with E-state index >= 15 is 0 Å². The van der Waals surface area contributed by atoms with E-state index in [-0.39, 0.29) is 54.4 Å². The summed E-state index contributed by atoms with van der Waals surface area (Å²) < 4.78 is 50.1. The summed E-state index contributed by atoms with van der Waals surface area (Å²) in [7, 11) is 0. The predicted molar refractivity (Wildman–Crippen MR) is 129 cm³/mol. The molecule has 37 heavy (non-hydrogen) atoms. The number of rotatable bonds is 6. The minimum atomic E-state index is -4.52. The quantitative estimate of drug-likeness (QED) is 0.447. The highest BCUT2D eigenvalue weighted by molar-refractivity contribution is 6.01. The number of carbonyl (C=O) groups is 1. The van der Waals surface area contributed by atoms with Gasteiger partial charge in [-0.05, 0) is 18.2 Å². The molecule has 0 aliphatic carbocycles. The Morgan fingerprint density at radius 2 is 1.97 bits per heavy atom. The van der Waals surface area contributed by atoms with E-state index in [0.29, 0.717) is 0 Å². The molecule has 1 atom stereocenters. The van der Waals surface area contributed by atoms with E-state index in [0.717, 1.165) is 12.1 Å². The Morgan fingerprint density at radius 3 is 2.70 bits per heavy atom. The summed E-state index contributed by atoms with van der Waals surface area (Å²) in [5.74, 6) is 0.359. The van der Waals surface area contributed by atoms with Gasteiger partial charge in [0.05, 0.1) is 30.6 Å². The predicted octanol–water partition coefficient (Wildman–Crippen LogP) is 3.75. The lowest BCUT2D eigenvalue weighted by molar-refractivity contribution is -0.137. The fourth-order valence-corrected chi connectivity index (χ4v) is 3.15. The first kappa shape index (κ1) is 27.6. The summed E-state index contributed by atoms with van der Waals surface area (Å²) in [5.41, 5.74) is -0.521. The van der Waals surface area contributed by atoms with Crippen LogP contribution in [0.25, 0.3) is 11.3 Å². The number of aliphatic hydroxyl groups is 2. The molecular formula is C24H26F3N5O5. The molecule has 3 aromatic rings. The number of hydrogen-bond donors (Lipinski definition) is 3. The minimum Gasteiger partial charge on any atom is -0.475 e. The highest BCUT2D eigenvalue weighted by atomic mass is 19.4. The molecule has 0 fully saturated rings. The number of aromatic nitrogens is 3. The lowest BCUT2D eigenvalue weighted by Crippen LogP contribution is -2.41. The van der Waals surface area contributed by atoms with Gasteiger partial charge in [0.15, 0.2) is 0 Å². The van der Waals surface area contributed by atoms with Crippen LogP contribution >= 0.6 is 0 Å². The number of fused-ring (bicyclic) bond motifs is 1. The van der Waals surface area contributed by atoms with Crippen LogP contribution in [0, 0.1) is 0 Å². The largest absolute Gasteiger partial charge is 0.475 e. The van der Waals surface area contributed by atoms with E-state index in [1.54, 1.807) is 6.07 Å². The molecule has 13 heteroatoms. The Kier molecular flexibility index (Phi) is 9.20. The maximum absolute atomic E-state index is 13.1. The third kappa shape index (κ3) is 7.05. The summed E-state index contributed by atoms with van der Waals surface area (Å²) in [6, 6.07) is 8.60. The van der Waals surface area contributed by atoms with E-state index in [9.17, 15) is 23.1 Å². The van der Waals surface area contributed by atoms with Crippen molar-refractivity contribution in [3.63, 3.8) is 0 Å². The monoisotopic (exact) mass is 521 g/mol. The number of carbonyl (C=O) groups excluding carboxylic acids is 1. The molecule has 2 aromatic heterocycles. The summed E-state index contributed by atoms with van der Waals surface area (Å²) >= 11 is 0. The first-order chi connectivity index (χ1) is 17.7. The van der Waals surface area contributed by atoms with Gasteiger partial charge < -0.3 is 19.7 Å². The van der Waals surface area contributed by atoms with Crippen LogP contribution in [0.4, 0.5) is 29.6 Å². The molecule has 3 N–H and O–H groups in total. The van der Waals surface area contributed by atoms with Gasteiger partial charge in [-0.3, -0.25) is 10.2 Å². The number of nitrogens with zero attached hydrogens (tertiary/aromatic N) is 4. The van der Waals surface area contributed by atoms with Crippen molar-refractivity contribution in [3.05, 3.63) is 54.2 Å². The summed E-state index contributed by atoms with van der Waals surface area (Å²) in [6.45, 7) is 3.58. The van der Waals surface area contributed by atoms with Gasteiger partial charge in [0.25, 0.3) is 5.88 Å². The average Bonchev–Trinajstić information content (AvgIpc) is 2.92. The third-order valence-electron chi connectivity index (χ3n) is 4.85. The Hall–Kier alpha value is -3.97. The van der Waals surface area contributed by atoms with Crippen molar-refractivity contribution in [2.45, 2.75) is 26.1 Å². The van der Waals surface area contributed by atoms with Crippen molar-refractivity contribution in [3.8, 4) is 23.0 Å². The maximum Gasteiger partial charge on any atom is 0.416 e. The minimum absolute atomic E-state index is 0.0436. The molecule has 0 radical (unpaired) electrons. The second-order valence-corrected chi connectivity index (χ2v) is 7.40. The lowest BCUT2D eigenvalue weighted by Gasteiger charge is -2.27. The van der Waals surface area contributed by atoms with Crippen molar-refractivity contribution < 1.29 is 37.7 Å².